The molecule has 2 rings (SSSR count). The molecule has 0 aromatic heterocycles. The van der Waals surface area contributed by atoms with Gasteiger partial charge in [0.15, 0.2) is 11.5 Å². The van der Waals surface area contributed by atoms with Crippen molar-refractivity contribution in [1.82, 2.24) is 5.32 Å². The summed E-state index contributed by atoms with van der Waals surface area (Å²) in [6.07, 6.45) is 0.726. The van der Waals surface area contributed by atoms with Crippen molar-refractivity contribution in [2.75, 3.05) is 26.3 Å². The third-order valence-electron chi connectivity index (χ3n) is 2.87. The van der Waals surface area contributed by atoms with E-state index in [-0.39, 0.29) is 0 Å². The van der Waals surface area contributed by atoms with Crippen LogP contribution in [-0.4, -0.2) is 37.0 Å². The Bertz CT molecular complexity index is 361. The first-order valence-corrected chi connectivity index (χ1v) is 6.01. The molecule has 0 bridgehead atoms. The van der Waals surface area contributed by atoms with Gasteiger partial charge in [0, 0.05) is 6.54 Å². The Balaban J connectivity index is 1.98. The van der Waals surface area contributed by atoms with Crippen molar-refractivity contribution < 1.29 is 14.6 Å². The molecule has 2 N–H and O–H groups in total. The molecule has 1 saturated heterocycles. The molecule has 4 heteroatoms. The van der Waals surface area contributed by atoms with Crippen LogP contribution in [-0.2, 0) is 0 Å². The van der Waals surface area contributed by atoms with Gasteiger partial charge in [-0.05, 0) is 32.0 Å². The van der Waals surface area contributed by atoms with Gasteiger partial charge in [-0.1, -0.05) is 12.1 Å². The number of β-amino-alcohol motifs (C(OH)–C–C–N with tert-alkyl or cyclic N) is 1. The van der Waals surface area contributed by atoms with Crippen LogP contribution < -0.4 is 14.8 Å². The highest BCUT2D eigenvalue weighted by atomic mass is 16.5. The van der Waals surface area contributed by atoms with Crippen LogP contribution in [0, 0.1) is 0 Å². The normalized spacial score (nSPS) is 23.6. The standard InChI is InChI=1S/C13H19NO3/c1-2-16-11-5-3-4-6-12(11)17-10-13(15)7-8-14-9-13/h3-6,14-15H,2,7-10H2,1H3. The molecular formula is C13H19NO3. The molecule has 0 saturated carbocycles. The second-order valence-corrected chi connectivity index (χ2v) is 4.32. The Morgan fingerprint density at radius 2 is 2.00 bits per heavy atom. The van der Waals surface area contributed by atoms with E-state index >= 15 is 0 Å². The topological polar surface area (TPSA) is 50.7 Å². The van der Waals surface area contributed by atoms with Gasteiger partial charge in [-0.3, -0.25) is 0 Å². The van der Waals surface area contributed by atoms with Crippen molar-refractivity contribution in [3.63, 3.8) is 0 Å². The maximum atomic E-state index is 10.1. The zero-order chi connectivity index (χ0) is 12.1. The number of hydrogen-bond donors (Lipinski definition) is 2. The quantitative estimate of drug-likeness (QED) is 0.807. The summed E-state index contributed by atoms with van der Waals surface area (Å²) in [4.78, 5) is 0. The number of hydrogen-bond acceptors (Lipinski definition) is 4. The lowest BCUT2D eigenvalue weighted by molar-refractivity contribution is 0.0121. The molecule has 0 radical (unpaired) electrons. The Labute approximate surface area is 102 Å². The van der Waals surface area contributed by atoms with E-state index in [9.17, 15) is 5.11 Å². The molecule has 1 aromatic carbocycles. The number of aliphatic hydroxyl groups is 1. The van der Waals surface area contributed by atoms with E-state index in [0.717, 1.165) is 18.7 Å². The fraction of sp³-hybridized carbons (Fsp3) is 0.538. The summed E-state index contributed by atoms with van der Waals surface area (Å²) in [7, 11) is 0. The third-order valence-corrected chi connectivity index (χ3v) is 2.87. The van der Waals surface area contributed by atoms with E-state index < -0.39 is 5.60 Å². The van der Waals surface area contributed by atoms with Crippen LogP contribution in [0.4, 0.5) is 0 Å². The molecule has 94 valence electrons. The van der Waals surface area contributed by atoms with E-state index in [1.807, 2.05) is 31.2 Å². The minimum absolute atomic E-state index is 0.296. The molecule has 0 amide bonds. The lowest BCUT2D eigenvalue weighted by Crippen LogP contribution is -2.38. The van der Waals surface area contributed by atoms with Gasteiger partial charge in [0.25, 0.3) is 0 Å². The van der Waals surface area contributed by atoms with E-state index in [1.165, 1.54) is 0 Å². The number of ether oxygens (including phenoxy) is 2. The molecule has 4 nitrogen and oxygen atoms in total. The molecule has 1 aliphatic rings. The lowest BCUT2D eigenvalue weighted by Gasteiger charge is -2.22. The van der Waals surface area contributed by atoms with Gasteiger partial charge >= 0.3 is 0 Å². The van der Waals surface area contributed by atoms with Crippen molar-refractivity contribution in [2.24, 2.45) is 0 Å². The Kier molecular flexibility index (Phi) is 3.86. The molecule has 1 unspecified atom stereocenters. The van der Waals surface area contributed by atoms with Crippen molar-refractivity contribution in [1.29, 1.82) is 0 Å². The third kappa shape index (κ3) is 3.11. The SMILES string of the molecule is CCOc1ccccc1OCC1(O)CCNC1. The number of para-hydroxylation sites is 2. The molecule has 1 atom stereocenters. The molecule has 1 heterocycles. The van der Waals surface area contributed by atoms with Gasteiger partial charge in [-0.2, -0.15) is 0 Å². The summed E-state index contributed by atoms with van der Waals surface area (Å²) in [5.74, 6) is 1.42. The second-order valence-electron chi connectivity index (χ2n) is 4.32. The maximum absolute atomic E-state index is 10.1. The largest absolute Gasteiger partial charge is 0.490 e. The summed E-state index contributed by atoms with van der Waals surface area (Å²) in [5, 5.41) is 13.3. The van der Waals surface area contributed by atoms with E-state index in [1.54, 1.807) is 0 Å². The lowest BCUT2D eigenvalue weighted by atomic mass is 10.1. The van der Waals surface area contributed by atoms with Gasteiger partial charge in [-0.15, -0.1) is 0 Å². The Morgan fingerprint density at radius 1 is 1.29 bits per heavy atom. The zero-order valence-electron chi connectivity index (χ0n) is 10.1. The van der Waals surface area contributed by atoms with Crippen LogP contribution in [0.1, 0.15) is 13.3 Å². The van der Waals surface area contributed by atoms with E-state index in [2.05, 4.69) is 5.32 Å². The van der Waals surface area contributed by atoms with Crippen LogP contribution >= 0.6 is 0 Å². The van der Waals surface area contributed by atoms with Crippen molar-refractivity contribution in [3.8, 4) is 11.5 Å². The molecule has 0 aliphatic carbocycles. The highest BCUT2D eigenvalue weighted by Crippen LogP contribution is 2.27. The van der Waals surface area contributed by atoms with Gasteiger partial charge in [-0.25, -0.2) is 0 Å². The Morgan fingerprint density at radius 3 is 2.59 bits per heavy atom. The highest BCUT2D eigenvalue weighted by molar-refractivity contribution is 5.39. The zero-order valence-corrected chi connectivity index (χ0v) is 10.1. The predicted octanol–water partition coefficient (Wildman–Crippen LogP) is 1.19. The number of rotatable bonds is 5. The molecule has 1 fully saturated rings. The smallest absolute Gasteiger partial charge is 0.161 e. The fourth-order valence-electron chi connectivity index (χ4n) is 1.91. The van der Waals surface area contributed by atoms with E-state index in [4.69, 9.17) is 9.47 Å². The van der Waals surface area contributed by atoms with Crippen LogP contribution in [0.15, 0.2) is 24.3 Å². The molecule has 0 spiro atoms. The molecular weight excluding hydrogens is 218 g/mol. The van der Waals surface area contributed by atoms with Crippen LogP contribution in [0.3, 0.4) is 0 Å². The van der Waals surface area contributed by atoms with Gasteiger partial charge in [0.1, 0.15) is 12.2 Å². The maximum Gasteiger partial charge on any atom is 0.161 e. The minimum atomic E-state index is -0.751. The second kappa shape index (κ2) is 5.38. The summed E-state index contributed by atoms with van der Waals surface area (Å²) in [6.45, 7) is 4.26. The fourth-order valence-corrected chi connectivity index (χ4v) is 1.91. The first-order valence-electron chi connectivity index (χ1n) is 6.01. The van der Waals surface area contributed by atoms with Crippen molar-refractivity contribution in [3.05, 3.63) is 24.3 Å². The van der Waals surface area contributed by atoms with Gasteiger partial charge in [0.2, 0.25) is 0 Å². The monoisotopic (exact) mass is 237 g/mol. The van der Waals surface area contributed by atoms with Crippen LogP contribution in [0.25, 0.3) is 0 Å². The summed E-state index contributed by atoms with van der Waals surface area (Å²) < 4.78 is 11.1. The molecule has 1 aromatic rings. The van der Waals surface area contributed by atoms with Crippen LogP contribution in [0.5, 0.6) is 11.5 Å². The number of nitrogens with one attached hydrogen (secondary N) is 1. The number of benzene rings is 1. The average molecular weight is 237 g/mol. The molecule has 1 aliphatic heterocycles. The van der Waals surface area contributed by atoms with Crippen molar-refractivity contribution >= 4 is 0 Å². The summed E-state index contributed by atoms with van der Waals surface area (Å²) in [6, 6.07) is 7.53. The van der Waals surface area contributed by atoms with Crippen molar-refractivity contribution in [2.45, 2.75) is 18.9 Å². The summed E-state index contributed by atoms with van der Waals surface area (Å²) >= 11 is 0. The van der Waals surface area contributed by atoms with Gasteiger partial charge in [0.05, 0.1) is 6.61 Å². The average Bonchev–Trinajstić information content (AvgIpc) is 2.76. The first-order chi connectivity index (χ1) is 8.23. The minimum Gasteiger partial charge on any atom is -0.490 e. The van der Waals surface area contributed by atoms with E-state index in [0.29, 0.717) is 25.5 Å². The Hall–Kier alpha value is -1.26. The highest BCUT2D eigenvalue weighted by Gasteiger charge is 2.32. The summed E-state index contributed by atoms with van der Waals surface area (Å²) in [5.41, 5.74) is -0.751. The van der Waals surface area contributed by atoms with Crippen LogP contribution in [0.2, 0.25) is 0 Å². The predicted molar refractivity (Wildman–Crippen MR) is 65.5 cm³/mol. The first kappa shape index (κ1) is 12.2. The molecule has 17 heavy (non-hydrogen) atoms. The van der Waals surface area contributed by atoms with Gasteiger partial charge < -0.3 is 19.9 Å².